The molecule has 1 aromatic heterocycles. The van der Waals surface area contributed by atoms with E-state index in [1.165, 1.54) is 12.1 Å². The zero-order valence-corrected chi connectivity index (χ0v) is 11.9. The van der Waals surface area contributed by atoms with E-state index in [1.54, 1.807) is 7.05 Å². The summed E-state index contributed by atoms with van der Waals surface area (Å²) >= 11 is 0. The van der Waals surface area contributed by atoms with Crippen LogP contribution in [-0.2, 0) is 0 Å². The molecule has 0 aromatic carbocycles. The summed E-state index contributed by atoms with van der Waals surface area (Å²) in [4.78, 5) is 17.2. The summed E-state index contributed by atoms with van der Waals surface area (Å²) < 4.78 is 0. The summed E-state index contributed by atoms with van der Waals surface area (Å²) in [5.41, 5.74) is 0.0495. The smallest absolute Gasteiger partial charge is 0.276 e. The van der Waals surface area contributed by atoms with Crippen molar-refractivity contribution in [2.24, 2.45) is 5.92 Å². The molecule has 7 nitrogen and oxygen atoms in total. The zero-order chi connectivity index (χ0) is 14.5. The third kappa shape index (κ3) is 3.57. The summed E-state index contributed by atoms with van der Waals surface area (Å²) in [5, 5.41) is 16.9. The van der Waals surface area contributed by atoms with E-state index in [4.69, 9.17) is 0 Å². The van der Waals surface area contributed by atoms with Gasteiger partial charge in [0.15, 0.2) is 0 Å². The van der Waals surface area contributed by atoms with Gasteiger partial charge >= 0.3 is 0 Å². The van der Waals surface area contributed by atoms with E-state index in [9.17, 15) is 10.1 Å². The molecule has 0 radical (unpaired) electrons. The van der Waals surface area contributed by atoms with Crippen molar-refractivity contribution in [3.8, 4) is 0 Å². The maximum atomic E-state index is 10.9. The van der Waals surface area contributed by atoms with Crippen molar-refractivity contribution >= 4 is 17.3 Å². The number of anilines is 2. The molecule has 1 aromatic rings. The fraction of sp³-hybridized carbons (Fsp3) is 0.615. The second-order valence-corrected chi connectivity index (χ2v) is 5.03. The highest BCUT2D eigenvalue weighted by atomic mass is 16.6. The van der Waals surface area contributed by atoms with Gasteiger partial charge in [-0.25, -0.2) is 4.98 Å². The van der Waals surface area contributed by atoms with Crippen LogP contribution in [-0.4, -0.2) is 48.0 Å². The van der Waals surface area contributed by atoms with Gasteiger partial charge in [0, 0.05) is 20.1 Å². The lowest BCUT2D eigenvalue weighted by Crippen LogP contribution is -2.22. The van der Waals surface area contributed by atoms with Gasteiger partial charge in [-0.1, -0.05) is 6.92 Å². The summed E-state index contributed by atoms with van der Waals surface area (Å²) in [6.07, 6.45) is 1.16. The van der Waals surface area contributed by atoms with Crippen molar-refractivity contribution in [1.82, 2.24) is 9.88 Å². The number of nitrogens with zero attached hydrogens (tertiary/aromatic N) is 3. The summed E-state index contributed by atoms with van der Waals surface area (Å²) in [7, 11) is 1.70. The zero-order valence-electron chi connectivity index (χ0n) is 11.9. The normalized spacial score (nSPS) is 19.0. The Labute approximate surface area is 118 Å². The van der Waals surface area contributed by atoms with E-state index >= 15 is 0 Å². The number of nitrogens with one attached hydrogen (secondary N) is 2. The predicted octanol–water partition coefficient (Wildman–Crippen LogP) is 1.79. The van der Waals surface area contributed by atoms with Gasteiger partial charge in [-0.3, -0.25) is 10.1 Å². The molecule has 0 saturated carbocycles. The van der Waals surface area contributed by atoms with Crippen molar-refractivity contribution in [2.45, 2.75) is 13.3 Å². The van der Waals surface area contributed by atoms with Crippen molar-refractivity contribution < 1.29 is 4.92 Å². The molecule has 1 unspecified atom stereocenters. The van der Waals surface area contributed by atoms with Crippen LogP contribution in [0.3, 0.4) is 0 Å². The minimum Gasteiger partial charge on any atom is -0.373 e. The highest BCUT2D eigenvalue weighted by Crippen LogP contribution is 2.22. The van der Waals surface area contributed by atoms with Crippen molar-refractivity contribution in [2.75, 3.05) is 43.9 Å². The number of hydrogen-bond donors (Lipinski definition) is 2. The van der Waals surface area contributed by atoms with Crippen LogP contribution < -0.4 is 10.6 Å². The summed E-state index contributed by atoms with van der Waals surface area (Å²) in [6.45, 7) is 6.25. The number of hydrogen-bond acceptors (Lipinski definition) is 6. The van der Waals surface area contributed by atoms with E-state index in [0.29, 0.717) is 17.6 Å². The average molecular weight is 279 g/mol. The summed E-state index contributed by atoms with van der Waals surface area (Å²) in [6, 6.07) is 2.91. The van der Waals surface area contributed by atoms with E-state index in [0.717, 1.165) is 32.6 Å². The lowest BCUT2D eigenvalue weighted by atomic mass is 10.1. The SMILES string of the molecule is CCN1CCC(CNc2cc([N+](=O)[O-])cc(NC)n2)C1. The Kier molecular flexibility index (Phi) is 4.73. The van der Waals surface area contributed by atoms with E-state index in [-0.39, 0.29) is 5.69 Å². The molecule has 1 saturated heterocycles. The van der Waals surface area contributed by atoms with Gasteiger partial charge in [-0.2, -0.15) is 0 Å². The predicted molar refractivity (Wildman–Crippen MR) is 79.1 cm³/mol. The Hall–Kier alpha value is -1.89. The molecule has 0 aliphatic carbocycles. The minimum atomic E-state index is -0.401. The molecule has 1 aliphatic rings. The van der Waals surface area contributed by atoms with Crippen LogP contribution in [0.25, 0.3) is 0 Å². The topological polar surface area (TPSA) is 83.3 Å². The standard InChI is InChI=1S/C13H21N5O2/c1-3-17-5-4-10(9-17)8-15-13-7-11(18(19)20)6-12(14-2)16-13/h6-7,10H,3-5,8-9H2,1-2H3,(H2,14,15,16). The van der Waals surface area contributed by atoms with Gasteiger partial charge in [-0.15, -0.1) is 0 Å². The van der Waals surface area contributed by atoms with Gasteiger partial charge in [0.05, 0.1) is 17.1 Å². The first-order chi connectivity index (χ1) is 9.62. The molecule has 2 heterocycles. The fourth-order valence-corrected chi connectivity index (χ4v) is 2.46. The van der Waals surface area contributed by atoms with E-state index in [2.05, 4.69) is 27.4 Å². The molecule has 1 aliphatic heterocycles. The molecule has 1 fully saturated rings. The third-order valence-electron chi connectivity index (χ3n) is 3.67. The lowest BCUT2D eigenvalue weighted by molar-refractivity contribution is -0.384. The van der Waals surface area contributed by atoms with Gasteiger partial charge in [0.2, 0.25) is 0 Å². The van der Waals surface area contributed by atoms with E-state index in [1.807, 2.05) is 0 Å². The maximum absolute atomic E-state index is 10.9. The van der Waals surface area contributed by atoms with Crippen molar-refractivity contribution in [3.63, 3.8) is 0 Å². The number of likely N-dealkylation sites (tertiary alicyclic amines) is 1. The Morgan fingerprint density at radius 2 is 2.25 bits per heavy atom. The fourth-order valence-electron chi connectivity index (χ4n) is 2.46. The molecule has 20 heavy (non-hydrogen) atoms. The molecule has 0 amide bonds. The molecule has 0 spiro atoms. The highest BCUT2D eigenvalue weighted by Gasteiger charge is 2.21. The van der Waals surface area contributed by atoms with Crippen LogP contribution in [0, 0.1) is 16.0 Å². The monoisotopic (exact) mass is 279 g/mol. The van der Waals surface area contributed by atoms with Crippen LogP contribution in [0.1, 0.15) is 13.3 Å². The first-order valence-corrected chi connectivity index (χ1v) is 6.92. The summed E-state index contributed by atoms with van der Waals surface area (Å²) in [5.74, 6) is 1.64. The molecule has 2 rings (SSSR count). The van der Waals surface area contributed by atoms with Gasteiger partial charge in [0.25, 0.3) is 5.69 Å². The van der Waals surface area contributed by atoms with Gasteiger partial charge in [0.1, 0.15) is 11.6 Å². The minimum absolute atomic E-state index is 0.0495. The molecule has 0 bridgehead atoms. The lowest BCUT2D eigenvalue weighted by Gasteiger charge is -2.14. The third-order valence-corrected chi connectivity index (χ3v) is 3.67. The average Bonchev–Trinajstić information content (AvgIpc) is 2.92. The molecular formula is C13H21N5O2. The Morgan fingerprint density at radius 3 is 2.85 bits per heavy atom. The van der Waals surface area contributed by atoms with E-state index < -0.39 is 4.92 Å². The van der Waals surface area contributed by atoms with Crippen LogP contribution in [0.2, 0.25) is 0 Å². The van der Waals surface area contributed by atoms with Crippen LogP contribution in [0.5, 0.6) is 0 Å². The van der Waals surface area contributed by atoms with Crippen molar-refractivity contribution in [1.29, 1.82) is 0 Å². The largest absolute Gasteiger partial charge is 0.373 e. The van der Waals surface area contributed by atoms with Gasteiger partial charge in [-0.05, 0) is 25.4 Å². The van der Waals surface area contributed by atoms with Crippen LogP contribution in [0.4, 0.5) is 17.3 Å². The molecule has 7 heteroatoms. The second kappa shape index (κ2) is 6.51. The van der Waals surface area contributed by atoms with Gasteiger partial charge < -0.3 is 15.5 Å². The van der Waals surface area contributed by atoms with Crippen LogP contribution in [0.15, 0.2) is 12.1 Å². The quantitative estimate of drug-likeness (QED) is 0.610. The maximum Gasteiger partial charge on any atom is 0.276 e. The number of rotatable bonds is 6. The number of pyridine rings is 1. The molecule has 2 N–H and O–H groups in total. The Bertz CT molecular complexity index is 480. The second-order valence-electron chi connectivity index (χ2n) is 5.03. The molecule has 1 atom stereocenters. The Morgan fingerprint density at radius 1 is 1.50 bits per heavy atom. The highest BCUT2D eigenvalue weighted by molar-refractivity contribution is 5.54. The molecular weight excluding hydrogens is 258 g/mol. The first kappa shape index (κ1) is 14.5. The number of nitro groups is 1. The Balaban J connectivity index is 1.98. The van der Waals surface area contributed by atoms with Crippen molar-refractivity contribution in [3.05, 3.63) is 22.2 Å². The number of aromatic nitrogens is 1. The first-order valence-electron chi connectivity index (χ1n) is 6.92. The van der Waals surface area contributed by atoms with Crippen LogP contribution >= 0.6 is 0 Å². The molecule has 110 valence electrons.